The van der Waals surface area contributed by atoms with Crippen LogP contribution < -0.4 is 5.32 Å². The lowest BCUT2D eigenvalue weighted by Gasteiger charge is -2.38. The number of piperazine rings is 1. The van der Waals surface area contributed by atoms with E-state index in [1.807, 2.05) is 24.3 Å². The van der Waals surface area contributed by atoms with E-state index in [2.05, 4.69) is 35.1 Å². The second kappa shape index (κ2) is 4.09. The van der Waals surface area contributed by atoms with Gasteiger partial charge in [0.25, 0.3) is 5.91 Å². The Labute approximate surface area is 132 Å². The van der Waals surface area contributed by atoms with Crippen LogP contribution in [-0.2, 0) is 9.59 Å². The number of halogens is 1. The maximum atomic E-state index is 12.7. The van der Waals surface area contributed by atoms with Crippen molar-refractivity contribution in [1.82, 2.24) is 10.2 Å². The maximum Gasteiger partial charge on any atom is 0.250 e. The van der Waals surface area contributed by atoms with Crippen molar-refractivity contribution in [2.24, 2.45) is 17.3 Å². The quantitative estimate of drug-likeness (QED) is 0.844. The van der Waals surface area contributed by atoms with Gasteiger partial charge >= 0.3 is 0 Å². The summed E-state index contributed by atoms with van der Waals surface area (Å²) in [5, 5.41) is 2.92. The van der Waals surface area contributed by atoms with Crippen LogP contribution in [0.4, 0.5) is 0 Å². The number of nitrogens with one attached hydrogen (secondary N) is 1. The smallest absolute Gasteiger partial charge is 0.250 e. The summed E-state index contributed by atoms with van der Waals surface area (Å²) >= 11 is 3.38. The summed E-state index contributed by atoms with van der Waals surface area (Å²) in [5.74, 6) is 0.832. The molecular formula is C16H17BrN2O2. The third kappa shape index (κ3) is 1.73. The molecule has 4 rings (SSSR count). The molecule has 4 nitrogen and oxygen atoms in total. The SMILES string of the molecule is CC1(C)[C@H]2[C@H]1CN1C(=O)[C@H](c3ccc(Br)cc3)NC(=O)[C@@H]21. The minimum absolute atomic E-state index is 0.000550. The molecule has 0 aromatic heterocycles. The van der Waals surface area contributed by atoms with E-state index in [1.165, 1.54) is 0 Å². The van der Waals surface area contributed by atoms with Crippen LogP contribution in [0, 0.1) is 17.3 Å². The molecule has 3 aliphatic rings. The third-order valence-electron chi connectivity index (χ3n) is 5.50. The average Bonchev–Trinajstić information content (AvgIpc) is 2.83. The molecule has 2 saturated heterocycles. The van der Waals surface area contributed by atoms with E-state index in [1.54, 1.807) is 4.90 Å². The first-order chi connectivity index (χ1) is 9.91. The van der Waals surface area contributed by atoms with Crippen molar-refractivity contribution in [3.63, 3.8) is 0 Å². The van der Waals surface area contributed by atoms with Gasteiger partial charge in [-0.3, -0.25) is 9.59 Å². The van der Waals surface area contributed by atoms with E-state index in [0.717, 1.165) is 16.6 Å². The Morgan fingerprint density at radius 1 is 1.24 bits per heavy atom. The summed E-state index contributed by atoms with van der Waals surface area (Å²) in [6.45, 7) is 5.11. The van der Waals surface area contributed by atoms with Crippen molar-refractivity contribution in [3.05, 3.63) is 34.3 Å². The van der Waals surface area contributed by atoms with Crippen molar-refractivity contribution in [2.45, 2.75) is 25.9 Å². The summed E-state index contributed by atoms with van der Waals surface area (Å²) in [4.78, 5) is 27.0. The average molecular weight is 349 g/mol. The minimum Gasteiger partial charge on any atom is -0.339 e. The van der Waals surface area contributed by atoms with Crippen LogP contribution in [0.2, 0.25) is 0 Å². The molecule has 2 amide bonds. The van der Waals surface area contributed by atoms with Gasteiger partial charge in [-0.15, -0.1) is 0 Å². The van der Waals surface area contributed by atoms with E-state index in [9.17, 15) is 9.59 Å². The molecule has 1 aromatic carbocycles. The summed E-state index contributed by atoms with van der Waals surface area (Å²) < 4.78 is 0.961. The van der Waals surface area contributed by atoms with Crippen LogP contribution in [0.25, 0.3) is 0 Å². The fourth-order valence-electron chi connectivity index (χ4n) is 4.15. The standard InChI is InChI=1S/C16H17BrN2O2/c1-16(2)10-7-19-13(11(10)16)14(20)18-12(15(19)21)8-3-5-9(17)6-4-8/h3-6,10-13H,7H2,1-2H3,(H,18,20)/t10-,11+,12+,13-/m1/s1. The van der Waals surface area contributed by atoms with Crippen molar-refractivity contribution in [2.75, 3.05) is 6.54 Å². The van der Waals surface area contributed by atoms with Crippen LogP contribution in [0.1, 0.15) is 25.5 Å². The predicted octanol–water partition coefficient (Wildman–Crippen LogP) is 2.10. The van der Waals surface area contributed by atoms with Crippen LogP contribution in [0.5, 0.6) is 0 Å². The normalized spacial score (nSPS) is 36.0. The van der Waals surface area contributed by atoms with Crippen molar-refractivity contribution >= 4 is 27.7 Å². The number of benzene rings is 1. The number of nitrogens with zero attached hydrogens (tertiary/aromatic N) is 1. The van der Waals surface area contributed by atoms with E-state index in [4.69, 9.17) is 0 Å². The zero-order valence-electron chi connectivity index (χ0n) is 12.0. The van der Waals surface area contributed by atoms with E-state index < -0.39 is 6.04 Å². The van der Waals surface area contributed by atoms with E-state index in [-0.39, 0.29) is 23.3 Å². The molecule has 110 valence electrons. The zero-order chi connectivity index (χ0) is 14.9. The van der Waals surface area contributed by atoms with Crippen LogP contribution in [0.15, 0.2) is 28.7 Å². The summed E-state index contributed by atoms with van der Waals surface area (Å²) in [6.07, 6.45) is 0. The molecule has 1 N–H and O–H groups in total. The number of rotatable bonds is 1. The number of fused-ring (bicyclic) bond motifs is 3. The molecule has 1 aromatic rings. The largest absolute Gasteiger partial charge is 0.339 e. The minimum atomic E-state index is -0.539. The lowest BCUT2D eigenvalue weighted by atomic mass is 9.95. The monoisotopic (exact) mass is 348 g/mol. The predicted molar refractivity (Wildman–Crippen MR) is 81.3 cm³/mol. The fraction of sp³-hybridized carbons (Fsp3) is 0.500. The van der Waals surface area contributed by atoms with Gasteiger partial charge in [0.2, 0.25) is 5.91 Å². The first kappa shape index (κ1) is 13.3. The molecular weight excluding hydrogens is 332 g/mol. The summed E-state index contributed by atoms with van der Waals surface area (Å²) in [7, 11) is 0. The second-order valence-electron chi connectivity index (χ2n) is 6.88. The Hall–Kier alpha value is -1.36. The lowest BCUT2D eigenvalue weighted by molar-refractivity contribution is -0.149. The Bertz CT molecular complexity index is 640. The van der Waals surface area contributed by atoms with Gasteiger partial charge in [0.05, 0.1) is 0 Å². The second-order valence-corrected chi connectivity index (χ2v) is 7.80. The van der Waals surface area contributed by atoms with Crippen LogP contribution in [-0.4, -0.2) is 29.3 Å². The highest BCUT2D eigenvalue weighted by atomic mass is 79.9. The maximum absolute atomic E-state index is 12.7. The number of carbonyl (C=O) groups is 2. The van der Waals surface area contributed by atoms with Crippen molar-refractivity contribution in [3.8, 4) is 0 Å². The van der Waals surface area contributed by atoms with Gasteiger partial charge in [0, 0.05) is 11.0 Å². The van der Waals surface area contributed by atoms with Crippen molar-refractivity contribution < 1.29 is 9.59 Å². The molecule has 0 spiro atoms. The molecule has 2 heterocycles. The highest BCUT2D eigenvalue weighted by molar-refractivity contribution is 9.10. The lowest BCUT2D eigenvalue weighted by Crippen LogP contribution is -2.59. The molecule has 21 heavy (non-hydrogen) atoms. The Morgan fingerprint density at radius 3 is 2.57 bits per heavy atom. The molecule has 0 unspecified atom stereocenters. The number of amides is 2. The Balaban J connectivity index is 1.63. The number of piperidine rings is 1. The molecule has 1 aliphatic carbocycles. The molecule has 1 saturated carbocycles. The summed E-state index contributed by atoms with van der Waals surface area (Å²) in [5.41, 5.74) is 1.04. The van der Waals surface area contributed by atoms with Gasteiger partial charge in [-0.05, 0) is 34.9 Å². The molecule has 2 aliphatic heterocycles. The zero-order valence-corrected chi connectivity index (χ0v) is 13.6. The molecule has 0 radical (unpaired) electrons. The summed E-state index contributed by atoms with van der Waals surface area (Å²) in [6, 6.07) is 6.76. The molecule has 5 heteroatoms. The highest BCUT2D eigenvalue weighted by Gasteiger charge is 2.70. The van der Waals surface area contributed by atoms with Gasteiger partial charge in [0.1, 0.15) is 12.1 Å². The van der Waals surface area contributed by atoms with Crippen LogP contribution >= 0.6 is 15.9 Å². The van der Waals surface area contributed by atoms with E-state index >= 15 is 0 Å². The third-order valence-corrected chi connectivity index (χ3v) is 6.03. The fourth-order valence-corrected chi connectivity index (χ4v) is 4.41. The van der Waals surface area contributed by atoms with E-state index in [0.29, 0.717) is 11.8 Å². The van der Waals surface area contributed by atoms with Gasteiger partial charge in [0.15, 0.2) is 0 Å². The topological polar surface area (TPSA) is 49.4 Å². The van der Waals surface area contributed by atoms with Crippen molar-refractivity contribution in [1.29, 1.82) is 0 Å². The molecule has 4 atom stereocenters. The highest BCUT2D eigenvalue weighted by Crippen LogP contribution is 2.65. The first-order valence-corrected chi connectivity index (χ1v) is 8.07. The first-order valence-electron chi connectivity index (χ1n) is 7.27. The van der Waals surface area contributed by atoms with Gasteiger partial charge in [-0.2, -0.15) is 0 Å². The number of hydrogen-bond acceptors (Lipinski definition) is 2. The number of carbonyl (C=O) groups excluding carboxylic acids is 2. The van der Waals surface area contributed by atoms with Gasteiger partial charge in [-0.25, -0.2) is 0 Å². The van der Waals surface area contributed by atoms with Crippen LogP contribution in [0.3, 0.4) is 0 Å². The molecule has 3 fully saturated rings. The Kier molecular flexibility index (Phi) is 2.60. The van der Waals surface area contributed by atoms with Gasteiger partial charge in [-0.1, -0.05) is 41.9 Å². The van der Waals surface area contributed by atoms with Gasteiger partial charge < -0.3 is 10.2 Å². The molecule has 0 bridgehead atoms. The number of hydrogen-bond donors (Lipinski definition) is 1. The Morgan fingerprint density at radius 2 is 1.90 bits per heavy atom.